The molecule has 0 radical (unpaired) electrons. The van der Waals surface area contributed by atoms with Gasteiger partial charge in [0.1, 0.15) is 11.8 Å². The van der Waals surface area contributed by atoms with Gasteiger partial charge >= 0.3 is 12.1 Å². The van der Waals surface area contributed by atoms with Crippen LogP contribution < -0.4 is 9.64 Å². The molecule has 3 aromatic carbocycles. The van der Waals surface area contributed by atoms with E-state index in [0.29, 0.717) is 50.6 Å². The molecule has 0 N–H and O–H groups in total. The van der Waals surface area contributed by atoms with Gasteiger partial charge in [0, 0.05) is 58.4 Å². The Bertz CT molecular complexity index is 1460. The minimum atomic E-state index is -0.845. The highest BCUT2D eigenvalue weighted by molar-refractivity contribution is 6.01. The van der Waals surface area contributed by atoms with Crippen molar-refractivity contribution in [2.45, 2.75) is 65.0 Å². The number of urea groups is 2. The summed E-state index contributed by atoms with van der Waals surface area (Å²) >= 11 is 0. The first-order chi connectivity index (χ1) is 24.8. The van der Waals surface area contributed by atoms with Gasteiger partial charge in [0.2, 0.25) is 5.91 Å². The first-order valence-electron chi connectivity index (χ1n) is 18.6. The minimum absolute atomic E-state index is 0.0470. The summed E-state index contributed by atoms with van der Waals surface area (Å²) in [6.45, 7) is 8.20. The van der Waals surface area contributed by atoms with Crippen LogP contribution in [0.1, 0.15) is 57.9 Å². The molecule has 0 spiro atoms. The lowest BCUT2D eigenvalue weighted by Gasteiger charge is -2.44. The van der Waals surface area contributed by atoms with Gasteiger partial charge in [-0.25, -0.2) is 9.59 Å². The van der Waals surface area contributed by atoms with Crippen LogP contribution in [0.3, 0.4) is 0 Å². The van der Waals surface area contributed by atoms with Gasteiger partial charge in [0.05, 0.1) is 25.0 Å². The monoisotopic (exact) mass is 698 g/mol. The summed E-state index contributed by atoms with van der Waals surface area (Å²) in [6, 6.07) is 25.8. The molecule has 4 rings (SSSR count). The van der Waals surface area contributed by atoms with Gasteiger partial charge in [-0.1, -0.05) is 94.1 Å². The van der Waals surface area contributed by atoms with Crippen molar-refractivity contribution in [3.63, 3.8) is 0 Å². The third kappa shape index (κ3) is 11.0. The molecule has 51 heavy (non-hydrogen) atoms. The van der Waals surface area contributed by atoms with Gasteiger partial charge in [-0.2, -0.15) is 0 Å². The van der Waals surface area contributed by atoms with Gasteiger partial charge in [-0.05, 0) is 50.2 Å². The Kier molecular flexibility index (Phi) is 15.6. The number of anilines is 2. The Morgan fingerprint density at radius 2 is 1.27 bits per heavy atom. The number of hydrogen-bond donors (Lipinski definition) is 0. The fourth-order valence-electron chi connectivity index (χ4n) is 6.55. The fourth-order valence-corrected chi connectivity index (χ4v) is 6.55. The van der Waals surface area contributed by atoms with Crippen LogP contribution in [-0.2, 0) is 11.3 Å². The van der Waals surface area contributed by atoms with Gasteiger partial charge in [-0.15, -0.1) is 0 Å². The quantitative estimate of drug-likeness (QED) is 0.138. The van der Waals surface area contributed by atoms with Crippen LogP contribution in [0, 0.1) is 0 Å². The van der Waals surface area contributed by atoms with Gasteiger partial charge < -0.3 is 29.2 Å². The number of ether oxygens (including phenoxy) is 1. The van der Waals surface area contributed by atoms with E-state index in [-0.39, 0.29) is 31.1 Å². The van der Waals surface area contributed by atoms with E-state index in [1.165, 1.54) is 0 Å². The molecule has 0 aliphatic carbocycles. The van der Waals surface area contributed by atoms with Crippen LogP contribution in [0.2, 0.25) is 0 Å². The van der Waals surface area contributed by atoms with Gasteiger partial charge in [0.25, 0.3) is 0 Å². The second kappa shape index (κ2) is 20.3. The lowest BCUT2D eigenvalue weighted by atomic mass is 10.1. The number of carbonyl (C=O) groups excluding carboxylic acids is 3. The summed E-state index contributed by atoms with van der Waals surface area (Å²) < 4.78 is 5.54. The van der Waals surface area contributed by atoms with E-state index in [9.17, 15) is 14.4 Å². The van der Waals surface area contributed by atoms with Crippen LogP contribution >= 0.6 is 0 Å². The number of hydrogen-bond acceptors (Lipinski definition) is 5. The van der Waals surface area contributed by atoms with Crippen molar-refractivity contribution in [2.24, 2.45) is 0 Å². The SMILES string of the molecule is CCCCCN(CCCCC)C(=O)N1CCN(C(=O)N(c2ccccc2)c2ccccc2)[C@H](C(=O)N(C)CCN(C)Cc2ccccc2OC)C1. The number of para-hydroxylation sites is 3. The Hall–Kier alpha value is -4.57. The highest BCUT2D eigenvalue weighted by Crippen LogP contribution is 2.29. The lowest BCUT2D eigenvalue weighted by Crippen LogP contribution is -2.64. The maximum absolute atomic E-state index is 14.7. The third-order valence-corrected chi connectivity index (χ3v) is 9.56. The molecule has 0 saturated carbocycles. The van der Waals surface area contributed by atoms with Crippen LogP contribution in [0.15, 0.2) is 84.9 Å². The molecule has 3 aromatic rings. The highest BCUT2D eigenvalue weighted by atomic mass is 16.5. The molecule has 1 aliphatic rings. The topological polar surface area (TPSA) is 79.9 Å². The molecule has 1 heterocycles. The van der Waals surface area contributed by atoms with Crippen molar-refractivity contribution >= 4 is 29.3 Å². The van der Waals surface area contributed by atoms with E-state index in [0.717, 1.165) is 49.8 Å². The van der Waals surface area contributed by atoms with Crippen LogP contribution in [0.25, 0.3) is 0 Å². The molecule has 276 valence electrons. The first kappa shape index (κ1) is 39.2. The zero-order chi connectivity index (χ0) is 36.6. The number of carbonyl (C=O) groups is 3. The number of likely N-dealkylation sites (N-methyl/N-ethyl adjacent to an activating group) is 2. The fraction of sp³-hybridized carbons (Fsp3) is 0.488. The smallest absolute Gasteiger partial charge is 0.329 e. The average Bonchev–Trinajstić information content (AvgIpc) is 3.16. The van der Waals surface area contributed by atoms with Crippen molar-refractivity contribution < 1.29 is 19.1 Å². The van der Waals surface area contributed by atoms with E-state index in [1.807, 2.05) is 96.9 Å². The average molecular weight is 699 g/mol. The standard InChI is InChI=1S/C41H58N6O4/c1-6-8-18-26-44(27-19-9-7-2)40(49)45-30-31-46(41(50)47(35-21-12-10-13-22-35)36-23-14-11-15-24-36)37(33-45)39(48)43(4)29-28-42(3)32-34-20-16-17-25-38(34)51-5/h10-17,20-25,37H,6-9,18-19,26-33H2,1-5H3/t37-/m0/s1. The largest absolute Gasteiger partial charge is 0.496 e. The van der Waals surface area contributed by atoms with Crippen LogP contribution in [-0.4, -0.2) is 116 Å². The van der Waals surface area contributed by atoms with E-state index in [4.69, 9.17) is 4.74 Å². The van der Waals surface area contributed by atoms with Crippen molar-refractivity contribution in [2.75, 3.05) is 71.9 Å². The van der Waals surface area contributed by atoms with Gasteiger partial charge in [-0.3, -0.25) is 9.69 Å². The Labute approximate surface area is 305 Å². The molecule has 0 bridgehead atoms. The molecule has 0 aromatic heterocycles. The Balaban J connectivity index is 1.58. The molecule has 10 heteroatoms. The molecule has 1 saturated heterocycles. The van der Waals surface area contributed by atoms with Crippen LogP contribution in [0.5, 0.6) is 5.75 Å². The predicted molar refractivity (Wildman–Crippen MR) is 205 cm³/mol. The Morgan fingerprint density at radius 3 is 1.84 bits per heavy atom. The second-order valence-electron chi connectivity index (χ2n) is 13.4. The lowest BCUT2D eigenvalue weighted by molar-refractivity contribution is -0.136. The summed E-state index contributed by atoms with van der Waals surface area (Å²) in [5.41, 5.74) is 2.49. The van der Waals surface area contributed by atoms with Crippen molar-refractivity contribution in [3.8, 4) is 5.75 Å². The third-order valence-electron chi connectivity index (χ3n) is 9.56. The minimum Gasteiger partial charge on any atom is -0.496 e. The number of amides is 5. The van der Waals surface area contributed by atoms with E-state index in [2.05, 4.69) is 18.7 Å². The zero-order valence-electron chi connectivity index (χ0n) is 31.4. The van der Waals surface area contributed by atoms with E-state index >= 15 is 0 Å². The zero-order valence-corrected chi connectivity index (χ0v) is 31.4. The number of nitrogens with zero attached hydrogens (tertiary/aromatic N) is 6. The molecular formula is C41H58N6O4. The Morgan fingerprint density at radius 1 is 0.706 bits per heavy atom. The van der Waals surface area contributed by atoms with Crippen molar-refractivity contribution in [1.82, 2.24) is 24.5 Å². The summed E-state index contributed by atoms with van der Waals surface area (Å²) in [4.78, 5) is 54.2. The van der Waals surface area contributed by atoms with Crippen LogP contribution in [0.4, 0.5) is 21.0 Å². The molecule has 1 fully saturated rings. The molecule has 0 unspecified atom stereocenters. The summed E-state index contributed by atoms with van der Waals surface area (Å²) in [6.07, 6.45) is 6.17. The first-order valence-corrected chi connectivity index (χ1v) is 18.6. The normalized spacial score (nSPS) is 14.4. The molecule has 10 nitrogen and oxygen atoms in total. The molecule has 1 atom stereocenters. The molecule has 5 amide bonds. The number of piperazine rings is 1. The number of benzene rings is 3. The maximum atomic E-state index is 14.7. The summed E-state index contributed by atoms with van der Waals surface area (Å²) in [5, 5.41) is 0. The number of methoxy groups -OCH3 is 1. The predicted octanol–water partition coefficient (Wildman–Crippen LogP) is 7.33. The van der Waals surface area contributed by atoms with Crippen molar-refractivity contribution in [1.29, 1.82) is 0 Å². The van der Waals surface area contributed by atoms with E-state index in [1.54, 1.807) is 33.8 Å². The van der Waals surface area contributed by atoms with E-state index < -0.39 is 6.04 Å². The van der Waals surface area contributed by atoms with Crippen molar-refractivity contribution in [3.05, 3.63) is 90.5 Å². The highest BCUT2D eigenvalue weighted by Gasteiger charge is 2.41. The molecule has 1 aliphatic heterocycles. The molecular weight excluding hydrogens is 640 g/mol. The second-order valence-corrected chi connectivity index (χ2v) is 13.4. The number of rotatable bonds is 17. The summed E-state index contributed by atoms with van der Waals surface area (Å²) in [5.74, 6) is 0.644. The summed E-state index contributed by atoms with van der Waals surface area (Å²) in [7, 11) is 5.48. The van der Waals surface area contributed by atoms with Gasteiger partial charge in [0.15, 0.2) is 0 Å². The number of unbranched alkanes of at least 4 members (excludes halogenated alkanes) is 4. The maximum Gasteiger partial charge on any atom is 0.329 e.